The molecule has 4 rings (SSSR count). The molecule has 2 aromatic rings. The molecule has 0 saturated carbocycles. The number of thiophene rings is 1. The first-order valence-corrected chi connectivity index (χ1v) is 14.2. The number of carbonyl (C=O) groups is 1. The van der Waals surface area contributed by atoms with Gasteiger partial charge in [0.15, 0.2) is 0 Å². The number of amides is 1. The minimum atomic E-state index is -3.62. The van der Waals surface area contributed by atoms with E-state index < -0.39 is 10.0 Å². The van der Waals surface area contributed by atoms with Gasteiger partial charge in [0.2, 0.25) is 16.0 Å². The maximum absolute atomic E-state index is 13.0. The van der Waals surface area contributed by atoms with Crippen molar-refractivity contribution in [3.05, 3.63) is 34.8 Å². The number of sulfonamides is 1. The molecular formula is C20H28N6O3S3. The maximum atomic E-state index is 13.0. The highest BCUT2D eigenvalue weighted by Crippen LogP contribution is 2.27. The maximum Gasteiger partial charge on any atom is 0.262 e. The molecule has 32 heavy (non-hydrogen) atoms. The van der Waals surface area contributed by atoms with E-state index in [2.05, 4.69) is 25.1 Å². The lowest BCUT2D eigenvalue weighted by Crippen LogP contribution is -2.47. The van der Waals surface area contributed by atoms with Crippen molar-refractivity contribution < 1.29 is 13.2 Å². The first kappa shape index (κ1) is 23.4. The van der Waals surface area contributed by atoms with Crippen LogP contribution in [0.15, 0.2) is 34.8 Å². The lowest BCUT2D eigenvalue weighted by atomic mass is 10.3. The van der Waals surface area contributed by atoms with Crippen molar-refractivity contribution in [2.45, 2.75) is 11.3 Å². The molecule has 1 amide bonds. The van der Waals surface area contributed by atoms with E-state index in [1.54, 1.807) is 35.6 Å². The Balaban J connectivity index is 1.22. The Morgan fingerprint density at radius 1 is 1.06 bits per heavy atom. The van der Waals surface area contributed by atoms with Gasteiger partial charge in [-0.05, 0) is 30.5 Å². The zero-order chi connectivity index (χ0) is 22.4. The number of hydrogen-bond donors (Lipinski definition) is 1. The highest BCUT2D eigenvalue weighted by molar-refractivity contribution is 7.99. The van der Waals surface area contributed by atoms with Crippen LogP contribution in [0.2, 0.25) is 0 Å². The molecule has 0 spiro atoms. The molecule has 0 bridgehead atoms. The van der Waals surface area contributed by atoms with Crippen LogP contribution in [0.5, 0.6) is 0 Å². The van der Waals surface area contributed by atoms with Gasteiger partial charge in [-0.2, -0.15) is 16.1 Å². The van der Waals surface area contributed by atoms with Crippen LogP contribution >= 0.6 is 23.1 Å². The smallest absolute Gasteiger partial charge is 0.262 e. The van der Waals surface area contributed by atoms with Gasteiger partial charge in [0.1, 0.15) is 9.77 Å². The molecule has 0 atom stereocenters. The number of nitrogens with zero attached hydrogens (tertiary/aromatic N) is 5. The molecule has 2 aliphatic rings. The van der Waals surface area contributed by atoms with Gasteiger partial charge < -0.3 is 10.2 Å². The van der Waals surface area contributed by atoms with E-state index in [4.69, 9.17) is 0 Å². The Morgan fingerprint density at radius 3 is 2.50 bits per heavy atom. The zero-order valence-corrected chi connectivity index (χ0v) is 20.3. The van der Waals surface area contributed by atoms with Gasteiger partial charge in [-0.15, -0.1) is 11.3 Å². The normalized spacial score (nSPS) is 18.6. The molecule has 0 aliphatic carbocycles. The average molecular weight is 497 g/mol. The molecule has 2 fully saturated rings. The molecule has 9 nitrogen and oxygen atoms in total. The van der Waals surface area contributed by atoms with E-state index in [9.17, 15) is 13.2 Å². The lowest BCUT2D eigenvalue weighted by Gasteiger charge is -2.34. The number of nitrogens with one attached hydrogen (secondary N) is 1. The van der Waals surface area contributed by atoms with E-state index in [1.165, 1.54) is 15.6 Å². The van der Waals surface area contributed by atoms with E-state index >= 15 is 0 Å². The standard InChI is InChI=1S/C20H28N6O3S3/c27-19(18-17(3-14-31-18)32(28,29)26-12-15-30-16-13-26)21-6-2-7-24-8-10-25(11-9-24)20-22-4-1-5-23-20/h1,3-5,14H,2,6-13,15-16H2,(H,21,27). The molecule has 1 N–H and O–H groups in total. The van der Waals surface area contributed by atoms with Gasteiger partial charge in [-0.25, -0.2) is 18.4 Å². The third-order valence-electron chi connectivity index (χ3n) is 5.57. The molecule has 4 heterocycles. The quantitative estimate of drug-likeness (QED) is 0.545. The van der Waals surface area contributed by atoms with Crippen LogP contribution in [0.1, 0.15) is 16.1 Å². The van der Waals surface area contributed by atoms with Crippen LogP contribution in [-0.4, -0.2) is 97.4 Å². The second-order valence-corrected chi connectivity index (χ2v) is 11.7. The summed E-state index contributed by atoms with van der Waals surface area (Å²) in [7, 11) is -3.62. The van der Waals surface area contributed by atoms with Gasteiger partial charge in [0, 0.05) is 69.7 Å². The highest BCUT2D eigenvalue weighted by atomic mass is 32.2. The Hall–Kier alpha value is -1.73. The van der Waals surface area contributed by atoms with Crippen molar-refractivity contribution in [3.8, 4) is 0 Å². The summed E-state index contributed by atoms with van der Waals surface area (Å²) in [6.07, 6.45) is 4.32. The van der Waals surface area contributed by atoms with Gasteiger partial charge in [0.05, 0.1) is 0 Å². The summed E-state index contributed by atoms with van der Waals surface area (Å²) in [6.45, 7) is 5.98. The third-order valence-corrected chi connectivity index (χ3v) is 9.49. The van der Waals surface area contributed by atoms with Crippen molar-refractivity contribution in [2.75, 3.05) is 68.8 Å². The molecular weight excluding hydrogens is 468 g/mol. The van der Waals surface area contributed by atoms with E-state index in [-0.39, 0.29) is 15.7 Å². The van der Waals surface area contributed by atoms with Crippen molar-refractivity contribution in [2.24, 2.45) is 0 Å². The summed E-state index contributed by atoms with van der Waals surface area (Å²) in [5, 5.41) is 4.58. The minimum absolute atomic E-state index is 0.131. The number of thioether (sulfide) groups is 1. The first-order chi connectivity index (χ1) is 15.6. The molecule has 0 unspecified atom stereocenters. The summed E-state index contributed by atoms with van der Waals surface area (Å²) >= 11 is 2.93. The number of anilines is 1. The van der Waals surface area contributed by atoms with Crippen molar-refractivity contribution in [3.63, 3.8) is 0 Å². The molecule has 2 saturated heterocycles. The number of carbonyl (C=O) groups excluding carboxylic acids is 1. The fraction of sp³-hybridized carbons (Fsp3) is 0.550. The van der Waals surface area contributed by atoms with Gasteiger partial charge in [-0.3, -0.25) is 9.69 Å². The number of piperazine rings is 1. The van der Waals surface area contributed by atoms with Crippen molar-refractivity contribution in [1.29, 1.82) is 0 Å². The fourth-order valence-electron chi connectivity index (χ4n) is 3.80. The third kappa shape index (κ3) is 5.60. The summed E-state index contributed by atoms with van der Waals surface area (Å²) in [5.74, 6) is 2.04. The van der Waals surface area contributed by atoms with Crippen LogP contribution < -0.4 is 10.2 Å². The Kier molecular flexibility index (Phi) is 8.00. The van der Waals surface area contributed by atoms with Crippen molar-refractivity contribution in [1.82, 2.24) is 24.5 Å². The molecule has 0 radical (unpaired) electrons. The highest BCUT2D eigenvalue weighted by Gasteiger charge is 2.31. The van der Waals surface area contributed by atoms with E-state index in [0.29, 0.717) is 19.6 Å². The van der Waals surface area contributed by atoms with Gasteiger partial charge in [0.25, 0.3) is 5.91 Å². The summed E-state index contributed by atoms with van der Waals surface area (Å²) in [6, 6.07) is 3.36. The predicted molar refractivity (Wildman–Crippen MR) is 128 cm³/mol. The average Bonchev–Trinajstić information content (AvgIpc) is 3.34. The number of rotatable bonds is 8. The lowest BCUT2D eigenvalue weighted by molar-refractivity contribution is 0.0952. The van der Waals surface area contributed by atoms with E-state index in [0.717, 1.165) is 56.6 Å². The summed E-state index contributed by atoms with van der Waals surface area (Å²) in [4.78, 5) is 26.2. The largest absolute Gasteiger partial charge is 0.351 e. The van der Waals surface area contributed by atoms with Crippen LogP contribution in [0.3, 0.4) is 0 Å². The van der Waals surface area contributed by atoms with Crippen LogP contribution in [-0.2, 0) is 10.0 Å². The molecule has 2 aromatic heterocycles. The van der Waals surface area contributed by atoms with Crippen molar-refractivity contribution >= 4 is 45.0 Å². The van der Waals surface area contributed by atoms with Crippen LogP contribution in [0, 0.1) is 0 Å². The SMILES string of the molecule is O=C(NCCCN1CCN(c2ncccn2)CC1)c1sccc1S(=O)(=O)N1CCSCC1. The number of aromatic nitrogens is 2. The van der Waals surface area contributed by atoms with Crippen LogP contribution in [0.25, 0.3) is 0 Å². The summed E-state index contributed by atoms with van der Waals surface area (Å²) < 4.78 is 27.4. The topological polar surface area (TPSA) is 98.7 Å². The molecule has 12 heteroatoms. The Morgan fingerprint density at radius 2 is 1.78 bits per heavy atom. The van der Waals surface area contributed by atoms with Gasteiger partial charge >= 0.3 is 0 Å². The monoisotopic (exact) mass is 496 g/mol. The first-order valence-electron chi connectivity index (χ1n) is 10.7. The minimum Gasteiger partial charge on any atom is -0.351 e. The molecule has 174 valence electrons. The second kappa shape index (κ2) is 10.9. The van der Waals surface area contributed by atoms with Crippen LogP contribution in [0.4, 0.5) is 5.95 Å². The number of hydrogen-bond acceptors (Lipinski definition) is 9. The second-order valence-electron chi connectivity index (χ2n) is 7.62. The fourth-order valence-corrected chi connectivity index (χ4v) is 7.70. The zero-order valence-electron chi connectivity index (χ0n) is 17.9. The van der Waals surface area contributed by atoms with Gasteiger partial charge in [-0.1, -0.05) is 0 Å². The molecule has 2 aliphatic heterocycles. The Labute approximate surface area is 197 Å². The Bertz CT molecular complexity index is 987. The van der Waals surface area contributed by atoms with E-state index in [1.807, 2.05) is 6.07 Å². The predicted octanol–water partition coefficient (Wildman–Crippen LogP) is 1.22. The summed E-state index contributed by atoms with van der Waals surface area (Å²) in [5.41, 5.74) is 0. The molecule has 0 aromatic carbocycles.